The molecule has 2 amide bonds. The lowest BCUT2D eigenvalue weighted by molar-refractivity contribution is -0.145. The van der Waals surface area contributed by atoms with Crippen LogP contribution in [0.3, 0.4) is 0 Å². The molecule has 1 aromatic carbocycles. The summed E-state index contributed by atoms with van der Waals surface area (Å²) in [6, 6.07) is 2.38. The largest absolute Gasteiger partial charge is 0.416 e. The molecule has 4 heterocycles. The summed E-state index contributed by atoms with van der Waals surface area (Å²) in [6.07, 6.45) is -1.97. The van der Waals surface area contributed by atoms with Crippen LogP contribution >= 0.6 is 22.6 Å². The smallest absolute Gasteiger partial charge is 0.381 e. The molecule has 3 aliphatic rings. The number of benzene rings is 1. The van der Waals surface area contributed by atoms with E-state index in [1.807, 2.05) is 34.5 Å². The maximum absolute atomic E-state index is 15.0. The molecule has 5 rings (SSSR count). The minimum absolute atomic E-state index is 0.0115. The number of carbonyl (C=O) groups excluding carboxylic acids is 2. The van der Waals surface area contributed by atoms with Gasteiger partial charge in [0, 0.05) is 55.9 Å². The van der Waals surface area contributed by atoms with Crippen LogP contribution < -0.4 is 16.0 Å². The van der Waals surface area contributed by atoms with Gasteiger partial charge in [0.1, 0.15) is 12.4 Å². The second kappa shape index (κ2) is 13.0. The van der Waals surface area contributed by atoms with E-state index in [1.165, 1.54) is 6.33 Å². The summed E-state index contributed by atoms with van der Waals surface area (Å²) in [5, 5.41) is 3.05. The summed E-state index contributed by atoms with van der Waals surface area (Å²) in [4.78, 5) is 43.0. The van der Waals surface area contributed by atoms with Crippen molar-refractivity contribution in [3.8, 4) is 0 Å². The van der Waals surface area contributed by atoms with Crippen LogP contribution in [0.4, 0.5) is 34.9 Å². The zero-order valence-corrected chi connectivity index (χ0v) is 25.9. The van der Waals surface area contributed by atoms with E-state index in [4.69, 9.17) is 5.73 Å². The number of hydrogen-bond donors (Lipinski definition) is 2. The Bertz CT molecular complexity index is 1340. The summed E-state index contributed by atoms with van der Waals surface area (Å²) < 4.78 is 56.1. The van der Waals surface area contributed by atoms with Crippen LogP contribution in [0.25, 0.3) is 0 Å². The molecule has 3 N–H and O–H groups in total. The Morgan fingerprint density at radius 2 is 1.84 bits per heavy atom. The second-order valence-corrected chi connectivity index (χ2v) is 12.1. The van der Waals surface area contributed by atoms with Gasteiger partial charge in [-0.2, -0.15) is 17.6 Å². The average Bonchev–Trinajstić information content (AvgIpc) is 2.99. The van der Waals surface area contributed by atoms with Crippen LogP contribution in [0.2, 0.25) is 0 Å². The predicted molar refractivity (Wildman–Crippen MR) is 162 cm³/mol. The van der Waals surface area contributed by atoms with Crippen LogP contribution in [0.1, 0.15) is 30.4 Å². The first-order chi connectivity index (χ1) is 20.5. The summed E-state index contributed by atoms with van der Waals surface area (Å²) in [5.74, 6) is -1.91. The zero-order valence-electron chi connectivity index (χ0n) is 23.8. The van der Waals surface area contributed by atoms with Gasteiger partial charge < -0.3 is 30.7 Å². The van der Waals surface area contributed by atoms with Gasteiger partial charge in [0.2, 0.25) is 17.6 Å². The molecule has 0 radical (unpaired) electrons. The van der Waals surface area contributed by atoms with Crippen LogP contribution in [0, 0.1) is 11.7 Å². The number of aromatic nitrogens is 2. The SMILES string of the molecule is CN1CCN(C(=O)[C@H]2CCN(c3ncnc(N)c3F)C[C@@H]2N2CCC[C@H](Nc3cc(CI)cc(C(F)(F)F)c3)C2=O)CC1. The number of nitrogens with zero attached hydrogens (tertiary/aromatic N) is 6. The van der Waals surface area contributed by atoms with Crippen molar-refractivity contribution >= 4 is 51.7 Å². The number of halogens is 5. The molecule has 1 aromatic heterocycles. The topological polar surface area (TPSA) is 111 Å². The van der Waals surface area contributed by atoms with Crippen LogP contribution in [-0.4, -0.2) is 101 Å². The van der Waals surface area contributed by atoms with Gasteiger partial charge in [0.05, 0.1) is 17.5 Å². The maximum atomic E-state index is 15.0. The Morgan fingerprint density at radius 1 is 1.09 bits per heavy atom. The van der Waals surface area contributed by atoms with Crippen molar-refractivity contribution in [1.29, 1.82) is 0 Å². The number of nitrogen functional groups attached to an aromatic ring is 1. The number of anilines is 3. The second-order valence-electron chi connectivity index (χ2n) is 11.4. The summed E-state index contributed by atoms with van der Waals surface area (Å²) >= 11 is 2.00. The number of likely N-dealkylation sites (N-methyl/N-ethyl adjacent to an activating group) is 1. The minimum atomic E-state index is -4.52. The van der Waals surface area contributed by atoms with E-state index in [9.17, 15) is 27.2 Å². The van der Waals surface area contributed by atoms with Crippen LogP contribution in [0.5, 0.6) is 0 Å². The number of piperazine rings is 1. The van der Waals surface area contributed by atoms with Gasteiger partial charge in [-0.1, -0.05) is 22.6 Å². The van der Waals surface area contributed by atoms with Gasteiger partial charge in [0.25, 0.3) is 0 Å². The van der Waals surface area contributed by atoms with Crippen LogP contribution in [0.15, 0.2) is 24.5 Å². The molecule has 15 heteroatoms. The summed E-state index contributed by atoms with van der Waals surface area (Å²) in [7, 11) is 2.00. The predicted octanol–water partition coefficient (Wildman–Crippen LogP) is 3.22. The Morgan fingerprint density at radius 3 is 2.53 bits per heavy atom. The first-order valence-electron chi connectivity index (χ1n) is 14.3. The highest BCUT2D eigenvalue weighted by Gasteiger charge is 2.45. The highest BCUT2D eigenvalue weighted by molar-refractivity contribution is 14.1. The molecular weight excluding hydrogens is 683 g/mol. The van der Waals surface area contributed by atoms with Gasteiger partial charge in [-0.15, -0.1) is 0 Å². The molecule has 0 saturated carbocycles. The van der Waals surface area contributed by atoms with Gasteiger partial charge in [-0.25, -0.2) is 9.97 Å². The van der Waals surface area contributed by atoms with Crippen molar-refractivity contribution in [3.63, 3.8) is 0 Å². The first kappa shape index (κ1) is 31.5. The monoisotopic (exact) mass is 718 g/mol. The number of nitrogens with two attached hydrogens (primary N) is 1. The van der Waals surface area contributed by atoms with E-state index in [0.29, 0.717) is 55.4 Å². The zero-order chi connectivity index (χ0) is 30.9. The van der Waals surface area contributed by atoms with Gasteiger partial charge in [-0.05, 0) is 50.1 Å². The Balaban J connectivity index is 1.42. The Kier molecular flexibility index (Phi) is 9.49. The quantitative estimate of drug-likeness (QED) is 0.267. The highest BCUT2D eigenvalue weighted by Crippen LogP contribution is 2.35. The number of nitrogens with one attached hydrogen (secondary N) is 1. The molecule has 43 heavy (non-hydrogen) atoms. The normalized spacial score (nSPS) is 23.9. The molecule has 3 fully saturated rings. The molecule has 3 saturated heterocycles. The molecule has 0 aliphatic carbocycles. The number of piperidine rings is 2. The molecule has 234 valence electrons. The lowest BCUT2D eigenvalue weighted by Gasteiger charge is -2.47. The first-order valence-corrected chi connectivity index (χ1v) is 15.8. The number of rotatable bonds is 6. The fourth-order valence-electron chi connectivity index (χ4n) is 6.16. The molecule has 3 aliphatic heterocycles. The fraction of sp³-hybridized carbons (Fsp3) is 0.571. The molecule has 0 unspecified atom stereocenters. The maximum Gasteiger partial charge on any atom is 0.416 e. The fourth-order valence-corrected chi connectivity index (χ4v) is 6.60. The van der Waals surface area contributed by atoms with Crippen molar-refractivity contribution < 1.29 is 27.2 Å². The highest BCUT2D eigenvalue weighted by atomic mass is 127. The minimum Gasteiger partial charge on any atom is -0.381 e. The molecule has 10 nitrogen and oxygen atoms in total. The molecule has 3 atom stereocenters. The van der Waals surface area contributed by atoms with E-state index >= 15 is 0 Å². The third kappa shape index (κ3) is 6.91. The number of likely N-dealkylation sites (tertiary alicyclic amines) is 1. The number of hydrogen-bond acceptors (Lipinski definition) is 8. The number of carbonyl (C=O) groups is 2. The number of alkyl halides is 4. The van der Waals surface area contributed by atoms with Crippen molar-refractivity contribution in [3.05, 3.63) is 41.5 Å². The van der Waals surface area contributed by atoms with Crippen LogP contribution in [-0.2, 0) is 20.2 Å². The molecule has 0 bridgehead atoms. The Hall–Kier alpha value is -2.95. The van der Waals surface area contributed by atoms with Gasteiger partial charge in [-0.3, -0.25) is 9.59 Å². The van der Waals surface area contributed by atoms with Crippen molar-refractivity contribution in [2.24, 2.45) is 5.92 Å². The summed E-state index contributed by atoms with van der Waals surface area (Å²) in [6.45, 7) is 3.49. The van der Waals surface area contributed by atoms with E-state index in [1.54, 1.807) is 15.9 Å². The van der Waals surface area contributed by atoms with E-state index in [-0.39, 0.29) is 35.7 Å². The van der Waals surface area contributed by atoms with Gasteiger partial charge >= 0.3 is 6.18 Å². The summed E-state index contributed by atoms with van der Waals surface area (Å²) in [5.41, 5.74) is 5.63. The molecule has 0 spiro atoms. The van der Waals surface area contributed by atoms with E-state index in [0.717, 1.165) is 25.2 Å². The lowest BCUT2D eigenvalue weighted by atomic mass is 9.86. The van der Waals surface area contributed by atoms with Crippen molar-refractivity contribution in [2.45, 2.75) is 41.9 Å². The van der Waals surface area contributed by atoms with Crippen molar-refractivity contribution in [1.82, 2.24) is 24.7 Å². The van der Waals surface area contributed by atoms with Gasteiger partial charge in [0.15, 0.2) is 11.6 Å². The third-order valence-electron chi connectivity index (χ3n) is 8.50. The molecular formula is C28H35F4IN8O2. The van der Waals surface area contributed by atoms with Crippen molar-refractivity contribution in [2.75, 3.05) is 68.8 Å². The average molecular weight is 719 g/mol. The standard InChI is InChI=1S/C28H35F4IN8O2/c1-38-7-9-39(10-8-38)26(42)20-4-6-40(25-23(29)24(34)35-16-36-25)15-22(20)41-5-2-3-21(27(41)43)37-19-12-17(14-33)11-18(13-19)28(30,31)32/h11-13,16,20-22,37H,2-10,14-15H2,1H3,(H2,34,35,36)/t20-,21-,22-/m0/s1. The van der Waals surface area contributed by atoms with E-state index in [2.05, 4.69) is 20.2 Å². The molecule has 2 aromatic rings. The third-order valence-corrected chi connectivity index (χ3v) is 9.38. The van der Waals surface area contributed by atoms with E-state index < -0.39 is 35.6 Å². The Labute approximate surface area is 261 Å². The lowest BCUT2D eigenvalue weighted by Crippen LogP contribution is -2.63. The number of amides is 2.